The molecule has 1 N–H and O–H groups in total. The van der Waals surface area contributed by atoms with Gasteiger partial charge in [-0.2, -0.15) is 0 Å². The zero-order chi connectivity index (χ0) is 12.7. The molecule has 5 heteroatoms. The van der Waals surface area contributed by atoms with Crippen molar-refractivity contribution in [2.24, 2.45) is 5.92 Å². The Morgan fingerprint density at radius 3 is 2.89 bits per heavy atom. The van der Waals surface area contributed by atoms with Gasteiger partial charge in [-0.3, -0.25) is 0 Å². The summed E-state index contributed by atoms with van der Waals surface area (Å²) in [5.41, 5.74) is 0. The summed E-state index contributed by atoms with van der Waals surface area (Å²) in [4.78, 5) is 11.2. The highest BCUT2D eigenvalue weighted by atomic mass is 32.1. The van der Waals surface area contributed by atoms with Crippen LogP contribution in [0.25, 0.3) is 10.2 Å². The Hall–Kier alpha value is -1.46. The summed E-state index contributed by atoms with van der Waals surface area (Å²) in [6.45, 7) is 0. The number of thiophene rings is 2. The molecule has 96 valence electrons. The maximum atomic E-state index is 4.43. The second-order valence-corrected chi connectivity index (χ2v) is 6.71. The van der Waals surface area contributed by atoms with Gasteiger partial charge in [-0.05, 0) is 41.7 Å². The lowest BCUT2D eigenvalue weighted by atomic mass is 10.1. The summed E-state index contributed by atoms with van der Waals surface area (Å²) in [7, 11) is 0. The van der Waals surface area contributed by atoms with Crippen LogP contribution in [0.4, 0.5) is 5.82 Å². The van der Waals surface area contributed by atoms with Gasteiger partial charge in [0.25, 0.3) is 0 Å². The Labute approximate surface area is 119 Å². The highest BCUT2D eigenvalue weighted by Gasteiger charge is 2.33. The zero-order valence-corrected chi connectivity index (χ0v) is 11.9. The van der Waals surface area contributed by atoms with Crippen molar-refractivity contribution in [2.75, 3.05) is 5.32 Å². The summed E-state index contributed by atoms with van der Waals surface area (Å²) in [6.07, 6.45) is 4.28. The Balaban J connectivity index is 1.70. The van der Waals surface area contributed by atoms with Gasteiger partial charge in [-0.25, -0.2) is 9.97 Å². The number of nitrogens with zero attached hydrogens (tertiary/aromatic N) is 2. The molecule has 0 bridgehead atoms. The van der Waals surface area contributed by atoms with Crippen molar-refractivity contribution in [2.45, 2.75) is 18.9 Å². The second kappa shape index (κ2) is 4.58. The molecule has 1 saturated carbocycles. The van der Waals surface area contributed by atoms with E-state index in [2.05, 4.69) is 44.2 Å². The SMILES string of the molecule is c1csc([C@H](Nc2ncnc3sccc23)C2CC2)c1. The Kier molecular flexibility index (Phi) is 2.74. The fraction of sp³-hybridized carbons (Fsp3) is 0.286. The smallest absolute Gasteiger partial charge is 0.138 e. The zero-order valence-electron chi connectivity index (χ0n) is 10.2. The van der Waals surface area contributed by atoms with Crippen molar-refractivity contribution in [3.8, 4) is 0 Å². The number of anilines is 1. The van der Waals surface area contributed by atoms with Gasteiger partial charge in [-0.1, -0.05) is 6.07 Å². The predicted octanol–water partition coefficient (Wildman–Crippen LogP) is 4.32. The number of fused-ring (bicyclic) bond motifs is 1. The number of hydrogen-bond donors (Lipinski definition) is 1. The van der Waals surface area contributed by atoms with Crippen molar-refractivity contribution >= 4 is 38.7 Å². The minimum absolute atomic E-state index is 0.401. The molecule has 4 rings (SSSR count). The average molecular weight is 287 g/mol. The van der Waals surface area contributed by atoms with Gasteiger partial charge in [-0.15, -0.1) is 22.7 Å². The van der Waals surface area contributed by atoms with E-state index in [1.165, 1.54) is 17.7 Å². The molecule has 3 aromatic heterocycles. The standard InChI is InChI=1S/C14H13N3S2/c1-2-11(18-6-1)12(9-3-4-9)17-13-10-5-7-19-14(10)16-8-15-13/h1-2,5-9,12H,3-4H2,(H,15,16,17)/t12-/m1/s1. The molecule has 1 atom stereocenters. The van der Waals surface area contributed by atoms with Crippen LogP contribution in [0, 0.1) is 5.92 Å². The van der Waals surface area contributed by atoms with Crippen LogP contribution < -0.4 is 5.32 Å². The lowest BCUT2D eigenvalue weighted by molar-refractivity contribution is 0.688. The topological polar surface area (TPSA) is 37.8 Å². The van der Waals surface area contributed by atoms with E-state index >= 15 is 0 Å². The predicted molar refractivity (Wildman–Crippen MR) is 80.8 cm³/mol. The van der Waals surface area contributed by atoms with Crippen LogP contribution in [0.2, 0.25) is 0 Å². The maximum Gasteiger partial charge on any atom is 0.138 e. The first kappa shape index (κ1) is 11.4. The molecule has 1 aliphatic carbocycles. The molecule has 0 spiro atoms. The molecule has 0 saturated heterocycles. The van der Waals surface area contributed by atoms with Gasteiger partial charge < -0.3 is 5.32 Å². The minimum atomic E-state index is 0.401. The summed E-state index contributed by atoms with van der Waals surface area (Å²) >= 11 is 3.48. The molecule has 3 nitrogen and oxygen atoms in total. The van der Waals surface area contributed by atoms with E-state index in [1.54, 1.807) is 17.7 Å². The van der Waals surface area contributed by atoms with Gasteiger partial charge in [0.1, 0.15) is 17.0 Å². The van der Waals surface area contributed by atoms with Crippen LogP contribution in [0.1, 0.15) is 23.8 Å². The quantitative estimate of drug-likeness (QED) is 0.776. The summed E-state index contributed by atoms with van der Waals surface area (Å²) in [5, 5.41) is 8.99. The highest BCUT2D eigenvalue weighted by Crippen LogP contribution is 2.44. The van der Waals surface area contributed by atoms with Crippen LogP contribution in [-0.2, 0) is 0 Å². The Bertz CT molecular complexity index is 686. The fourth-order valence-corrected chi connectivity index (χ4v) is 3.97. The van der Waals surface area contributed by atoms with Crippen molar-refractivity contribution in [3.63, 3.8) is 0 Å². The molecule has 0 unspecified atom stereocenters. The largest absolute Gasteiger partial charge is 0.362 e. The van der Waals surface area contributed by atoms with Gasteiger partial charge >= 0.3 is 0 Å². The van der Waals surface area contributed by atoms with Crippen LogP contribution in [0.5, 0.6) is 0 Å². The highest BCUT2D eigenvalue weighted by molar-refractivity contribution is 7.16. The second-order valence-electron chi connectivity index (χ2n) is 4.84. The normalized spacial score (nSPS) is 16.6. The van der Waals surface area contributed by atoms with Crippen LogP contribution >= 0.6 is 22.7 Å². The number of aromatic nitrogens is 2. The van der Waals surface area contributed by atoms with Crippen molar-refractivity contribution in [1.82, 2.24) is 9.97 Å². The van der Waals surface area contributed by atoms with Gasteiger partial charge in [0.05, 0.1) is 11.4 Å². The van der Waals surface area contributed by atoms with E-state index in [-0.39, 0.29) is 0 Å². The molecule has 0 radical (unpaired) electrons. The number of rotatable bonds is 4. The summed E-state index contributed by atoms with van der Waals surface area (Å²) in [6, 6.07) is 6.84. The first-order valence-corrected chi connectivity index (χ1v) is 8.16. The molecule has 0 amide bonds. The Morgan fingerprint density at radius 2 is 2.11 bits per heavy atom. The van der Waals surface area contributed by atoms with Crippen LogP contribution in [0.15, 0.2) is 35.3 Å². The molecule has 1 fully saturated rings. The maximum absolute atomic E-state index is 4.43. The van der Waals surface area contributed by atoms with Crippen LogP contribution in [-0.4, -0.2) is 9.97 Å². The van der Waals surface area contributed by atoms with Gasteiger partial charge in [0, 0.05) is 4.88 Å². The third-order valence-electron chi connectivity index (χ3n) is 3.50. The fourth-order valence-electron chi connectivity index (χ4n) is 2.37. The van der Waals surface area contributed by atoms with Crippen LogP contribution in [0.3, 0.4) is 0 Å². The van der Waals surface area contributed by atoms with Crippen molar-refractivity contribution in [1.29, 1.82) is 0 Å². The molecular formula is C14H13N3S2. The molecular weight excluding hydrogens is 274 g/mol. The molecule has 1 aliphatic rings. The van der Waals surface area contributed by atoms with Gasteiger partial charge in [0.15, 0.2) is 0 Å². The summed E-state index contributed by atoms with van der Waals surface area (Å²) in [5.74, 6) is 1.72. The third kappa shape index (κ3) is 2.13. The first-order valence-electron chi connectivity index (χ1n) is 6.40. The average Bonchev–Trinajstić information content (AvgIpc) is 2.94. The minimum Gasteiger partial charge on any atom is -0.362 e. The monoisotopic (exact) mass is 287 g/mol. The molecule has 3 heterocycles. The molecule has 19 heavy (non-hydrogen) atoms. The molecule has 0 aromatic carbocycles. The molecule has 0 aliphatic heterocycles. The van der Waals surface area contributed by atoms with E-state index in [1.807, 2.05) is 11.3 Å². The van der Waals surface area contributed by atoms with E-state index in [9.17, 15) is 0 Å². The lowest BCUT2D eigenvalue weighted by Crippen LogP contribution is -2.12. The molecule has 3 aromatic rings. The van der Waals surface area contributed by atoms with Crippen molar-refractivity contribution < 1.29 is 0 Å². The number of hydrogen-bond acceptors (Lipinski definition) is 5. The summed E-state index contributed by atoms with van der Waals surface area (Å²) < 4.78 is 0. The van der Waals surface area contributed by atoms with E-state index in [0.29, 0.717) is 6.04 Å². The van der Waals surface area contributed by atoms with Crippen molar-refractivity contribution in [3.05, 3.63) is 40.2 Å². The van der Waals surface area contributed by atoms with E-state index < -0.39 is 0 Å². The van der Waals surface area contributed by atoms with E-state index in [4.69, 9.17) is 0 Å². The first-order chi connectivity index (χ1) is 9.42. The lowest BCUT2D eigenvalue weighted by Gasteiger charge is -2.17. The number of nitrogens with one attached hydrogen (secondary N) is 1. The van der Waals surface area contributed by atoms with Gasteiger partial charge in [0.2, 0.25) is 0 Å². The van der Waals surface area contributed by atoms with E-state index in [0.717, 1.165) is 22.0 Å². The Morgan fingerprint density at radius 1 is 1.16 bits per heavy atom. The third-order valence-corrected chi connectivity index (χ3v) is 5.27.